The van der Waals surface area contributed by atoms with Crippen molar-refractivity contribution in [3.05, 3.63) is 29.6 Å². The lowest BCUT2D eigenvalue weighted by atomic mass is 10.1. The zero-order valence-electron chi connectivity index (χ0n) is 9.80. The second-order valence-corrected chi connectivity index (χ2v) is 4.65. The molecule has 0 amide bonds. The van der Waals surface area contributed by atoms with Crippen LogP contribution in [0.15, 0.2) is 18.2 Å². The molecule has 0 radical (unpaired) electrons. The molecule has 1 rings (SSSR count). The molecule has 1 aromatic carbocycles. The van der Waals surface area contributed by atoms with E-state index in [0.29, 0.717) is 17.9 Å². The van der Waals surface area contributed by atoms with Gasteiger partial charge in [-0.05, 0) is 30.5 Å². The number of hydrogen-bond acceptors (Lipinski definition) is 1. The predicted molar refractivity (Wildman–Crippen MR) is 68.6 cm³/mol. The van der Waals surface area contributed by atoms with Crippen LogP contribution in [0.25, 0.3) is 0 Å². The van der Waals surface area contributed by atoms with Gasteiger partial charge in [0, 0.05) is 10.9 Å². The van der Waals surface area contributed by atoms with Crippen LogP contribution < -0.4 is 4.74 Å². The number of rotatable bonds is 6. The lowest BCUT2D eigenvalue weighted by Crippen LogP contribution is -2.09. The third kappa shape index (κ3) is 4.12. The maximum absolute atomic E-state index is 13.0. The van der Waals surface area contributed by atoms with Gasteiger partial charge in [0.2, 0.25) is 0 Å². The van der Waals surface area contributed by atoms with Crippen molar-refractivity contribution >= 4 is 15.9 Å². The molecule has 0 bridgehead atoms. The summed E-state index contributed by atoms with van der Waals surface area (Å²) in [6.07, 6.45) is 2.32. The Labute approximate surface area is 105 Å². The minimum atomic E-state index is -0.219. The van der Waals surface area contributed by atoms with E-state index in [1.165, 1.54) is 18.6 Å². The summed E-state index contributed by atoms with van der Waals surface area (Å²) >= 11 is 3.33. The molecule has 0 fully saturated rings. The van der Waals surface area contributed by atoms with E-state index in [2.05, 4.69) is 29.8 Å². The van der Waals surface area contributed by atoms with Crippen LogP contribution in [-0.2, 0) is 5.33 Å². The highest BCUT2D eigenvalue weighted by atomic mass is 79.9. The van der Waals surface area contributed by atoms with Crippen molar-refractivity contribution in [2.24, 2.45) is 5.92 Å². The van der Waals surface area contributed by atoms with Crippen molar-refractivity contribution in [3.63, 3.8) is 0 Å². The van der Waals surface area contributed by atoms with Crippen LogP contribution in [0.5, 0.6) is 5.75 Å². The highest BCUT2D eigenvalue weighted by molar-refractivity contribution is 9.08. The van der Waals surface area contributed by atoms with E-state index in [-0.39, 0.29) is 5.82 Å². The monoisotopic (exact) mass is 288 g/mol. The molecule has 0 aromatic heterocycles. The Morgan fingerprint density at radius 1 is 1.44 bits per heavy atom. The van der Waals surface area contributed by atoms with Crippen LogP contribution in [0.4, 0.5) is 4.39 Å². The Morgan fingerprint density at radius 2 is 2.19 bits per heavy atom. The molecule has 0 saturated heterocycles. The van der Waals surface area contributed by atoms with E-state index in [1.54, 1.807) is 6.07 Å². The van der Waals surface area contributed by atoms with Gasteiger partial charge in [0.05, 0.1) is 6.61 Å². The second-order valence-electron chi connectivity index (χ2n) is 4.09. The van der Waals surface area contributed by atoms with Crippen molar-refractivity contribution < 1.29 is 9.13 Å². The van der Waals surface area contributed by atoms with E-state index >= 15 is 0 Å². The molecule has 3 heteroatoms. The maximum atomic E-state index is 13.0. The molecule has 0 aliphatic carbocycles. The van der Waals surface area contributed by atoms with Gasteiger partial charge in [0.1, 0.15) is 11.6 Å². The third-order valence-corrected chi connectivity index (χ3v) is 3.08. The van der Waals surface area contributed by atoms with Crippen LogP contribution >= 0.6 is 15.9 Å². The van der Waals surface area contributed by atoms with Crippen molar-refractivity contribution in [1.82, 2.24) is 0 Å². The molecule has 1 nitrogen and oxygen atoms in total. The minimum absolute atomic E-state index is 0.219. The fraction of sp³-hybridized carbons (Fsp3) is 0.538. The fourth-order valence-corrected chi connectivity index (χ4v) is 2.04. The van der Waals surface area contributed by atoms with Gasteiger partial charge in [0.15, 0.2) is 0 Å². The SMILES string of the molecule is CCCC(C)COc1ccc(F)cc1CBr. The summed E-state index contributed by atoms with van der Waals surface area (Å²) in [5.41, 5.74) is 0.865. The number of hydrogen-bond donors (Lipinski definition) is 0. The summed E-state index contributed by atoms with van der Waals surface area (Å²) < 4.78 is 18.7. The van der Waals surface area contributed by atoms with Crippen LogP contribution in [-0.4, -0.2) is 6.61 Å². The zero-order chi connectivity index (χ0) is 12.0. The zero-order valence-corrected chi connectivity index (χ0v) is 11.4. The Kier molecular flexibility index (Phi) is 5.81. The smallest absolute Gasteiger partial charge is 0.123 e. The number of ether oxygens (including phenoxy) is 1. The lowest BCUT2D eigenvalue weighted by Gasteiger charge is -2.14. The van der Waals surface area contributed by atoms with Gasteiger partial charge in [-0.2, -0.15) is 0 Å². The molecule has 0 heterocycles. The summed E-state index contributed by atoms with van der Waals surface area (Å²) in [6.45, 7) is 5.03. The largest absolute Gasteiger partial charge is 0.493 e. The molecule has 16 heavy (non-hydrogen) atoms. The Hall–Kier alpha value is -0.570. The second kappa shape index (κ2) is 6.89. The Morgan fingerprint density at radius 3 is 2.81 bits per heavy atom. The van der Waals surface area contributed by atoms with E-state index in [1.807, 2.05) is 0 Å². The molecule has 90 valence electrons. The first kappa shape index (κ1) is 13.5. The van der Waals surface area contributed by atoms with Gasteiger partial charge in [0.25, 0.3) is 0 Å². The highest BCUT2D eigenvalue weighted by Gasteiger charge is 2.06. The summed E-state index contributed by atoms with van der Waals surface area (Å²) in [5, 5.41) is 0.613. The molecule has 0 N–H and O–H groups in total. The first-order valence-electron chi connectivity index (χ1n) is 5.64. The van der Waals surface area contributed by atoms with Gasteiger partial charge in [-0.3, -0.25) is 0 Å². The van der Waals surface area contributed by atoms with Gasteiger partial charge < -0.3 is 4.74 Å². The molecule has 1 unspecified atom stereocenters. The van der Waals surface area contributed by atoms with Crippen molar-refractivity contribution in [3.8, 4) is 5.75 Å². The fourth-order valence-electron chi connectivity index (χ4n) is 1.60. The number of halogens is 2. The summed E-state index contributed by atoms with van der Waals surface area (Å²) in [5.74, 6) is 1.10. The summed E-state index contributed by atoms with van der Waals surface area (Å²) in [4.78, 5) is 0. The third-order valence-electron chi connectivity index (χ3n) is 2.47. The van der Waals surface area contributed by atoms with E-state index < -0.39 is 0 Å². The van der Waals surface area contributed by atoms with Crippen LogP contribution in [0.3, 0.4) is 0 Å². The highest BCUT2D eigenvalue weighted by Crippen LogP contribution is 2.23. The molecule has 1 atom stereocenters. The van der Waals surface area contributed by atoms with Crippen molar-refractivity contribution in [1.29, 1.82) is 0 Å². The van der Waals surface area contributed by atoms with E-state index in [9.17, 15) is 4.39 Å². The Balaban J connectivity index is 2.59. The molecule has 0 saturated carbocycles. The van der Waals surface area contributed by atoms with Gasteiger partial charge in [-0.15, -0.1) is 0 Å². The van der Waals surface area contributed by atoms with Gasteiger partial charge >= 0.3 is 0 Å². The first-order valence-corrected chi connectivity index (χ1v) is 6.76. The molecular weight excluding hydrogens is 271 g/mol. The summed E-state index contributed by atoms with van der Waals surface area (Å²) in [6, 6.07) is 4.64. The van der Waals surface area contributed by atoms with Crippen LogP contribution in [0.2, 0.25) is 0 Å². The maximum Gasteiger partial charge on any atom is 0.123 e. The molecule has 0 spiro atoms. The van der Waals surface area contributed by atoms with E-state index in [0.717, 1.165) is 17.7 Å². The number of alkyl halides is 1. The van der Waals surface area contributed by atoms with E-state index in [4.69, 9.17) is 4.74 Å². The Bertz CT molecular complexity index is 328. The van der Waals surface area contributed by atoms with Gasteiger partial charge in [-0.1, -0.05) is 36.2 Å². The molecule has 1 aromatic rings. The van der Waals surface area contributed by atoms with Crippen LogP contribution in [0.1, 0.15) is 32.3 Å². The standard InChI is InChI=1S/C13H18BrFO/c1-3-4-10(2)9-16-13-6-5-12(15)7-11(13)8-14/h5-7,10H,3-4,8-9H2,1-2H3. The van der Waals surface area contributed by atoms with Gasteiger partial charge in [-0.25, -0.2) is 4.39 Å². The van der Waals surface area contributed by atoms with Crippen LogP contribution in [0, 0.1) is 11.7 Å². The normalized spacial score (nSPS) is 12.5. The topological polar surface area (TPSA) is 9.23 Å². The summed E-state index contributed by atoms with van der Waals surface area (Å²) in [7, 11) is 0. The average molecular weight is 289 g/mol. The minimum Gasteiger partial charge on any atom is -0.493 e. The molecular formula is C13H18BrFO. The predicted octanol–water partition coefficient (Wildman–Crippen LogP) is 4.54. The molecule has 0 aliphatic rings. The first-order chi connectivity index (χ1) is 7.67. The molecule has 0 aliphatic heterocycles. The number of benzene rings is 1. The quantitative estimate of drug-likeness (QED) is 0.699. The van der Waals surface area contributed by atoms with Crippen molar-refractivity contribution in [2.45, 2.75) is 32.0 Å². The lowest BCUT2D eigenvalue weighted by molar-refractivity contribution is 0.250. The average Bonchev–Trinajstić information content (AvgIpc) is 2.27. The van der Waals surface area contributed by atoms with Crippen molar-refractivity contribution in [2.75, 3.05) is 6.61 Å².